The Bertz CT molecular complexity index is 405. The van der Waals surface area contributed by atoms with E-state index >= 15 is 0 Å². The number of rotatable bonds is 1. The van der Waals surface area contributed by atoms with Crippen LogP contribution in [0.1, 0.15) is 5.76 Å². The lowest BCUT2D eigenvalue weighted by Crippen LogP contribution is -2.16. The van der Waals surface area contributed by atoms with Gasteiger partial charge < -0.3 is 4.42 Å². The topological polar surface area (TPSA) is 73.3 Å². The summed E-state index contributed by atoms with van der Waals surface area (Å²) in [6, 6.07) is 0.651. The molecule has 1 heterocycles. The predicted octanol–water partition coefficient (Wildman–Crippen LogP) is 0.946. The fourth-order valence-corrected chi connectivity index (χ4v) is 1.40. The van der Waals surface area contributed by atoms with Gasteiger partial charge in [0.2, 0.25) is 15.8 Å². The molecule has 1 aromatic heterocycles. The molecule has 1 aromatic rings. The molecule has 1 rings (SSSR count). The molecule has 0 spiro atoms. The summed E-state index contributed by atoms with van der Waals surface area (Å²) in [6.45, 7) is 0. The SMILES string of the molecule is NS(=O)(=O)c1ccoc1C(F)(F)F. The van der Waals surface area contributed by atoms with Crippen molar-refractivity contribution in [1.29, 1.82) is 0 Å². The second-order valence-electron chi connectivity index (χ2n) is 2.16. The Labute approximate surface area is 71.2 Å². The normalized spacial score (nSPS) is 13.2. The number of sulfonamides is 1. The molecule has 0 aliphatic carbocycles. The maximum atomic E-state index is 12.0. The maximum absolute atomic E-state index is 12.0. The van der Waals surface area contributed by atoms with Gasteiger partial charge in [-0.1, -0.05) is 0 Å². The number of alkyl halides is 3. The number of furan rings is 1. The van der Waals surface area contributed by atoms with Crippen molar-refractivity contribution >= 4 is 10.0 Å². The van der Waals surface area contributed by atoms with Crippen LogP contribution in [0.5, 0.6) is 0 Å². The second-order valence-corrected chi connectivity index (χ2v) is 3.69. The zero-order valence-corrected chi connectivity index (χ0v) is 6.82. The van der Waals surface area contributed by atoms with Crippen molar-refractivity contribution in [3.63, 3.8) is 0 Å². The van der Waals surface area contributed by atoms with Crippen LogP contribution in [0.4, 0.5) is 13.2 Å². The van der Waals surface area contributed by atoms with Crippen molar-refractivity contribution in [3.05, 3.63) is 18.1 Å². The van der Waals surface area contributed by atoms with Gasteiger partial charge in [-0.2, -0.15) is 13.2 Å². The van der Waals surface area contributed by atoms with Gasteiger partial charge in [0, 0.05) is 0 Å². The Morgan fingerprint density at radius 3 is 2.23 bits per heavy atom. The molecule has 0 amide bonds. The van der Waals surface area contributed by atoms with Gasteiger partial charge in [-0.15, -0.1) is 0 Å². The van der Waals surface area contributed by atoms with E-state index in [4.69, 9.17) is 0 Å². The Hall–Kier alpha value is -1.02. The molecule has 0 aromatic carbocycles. The quantitative estimate of drug-likeness (QED) is 0.757. The highest BCUT2D eigenvalue weighted by Crippen LogP contribution is 2.34. The van der Waals surface area contributed by atoms with Gasteiger partial charge in [0.25, 0.3) is 0 Å². The molecule has 2 N–H and O–H groups in total. The molecule has 8 heteroatoms. The lowest BCUT2D eigenvalue weighted by atomic mass is 10.4. The Balaban J connectivity index is 3.35. The van der Waals surface area contributed by atoms with Crippen molar-refractivity contribution in [2.75, 3.05) is 0 Å². The van der Waals surface area contributed by atoms with E-state index in [2.05, 4.69) is 9.56 Å². The summed E-state index contributed by atoms with van der Waals surface area (Å²) >= 11 is 0. The van der Waals surface area contributed by atoms with E-state index in [-0.39, 0.29) is 0 Å². The van der Waals surface area contributed by atoms with Gasteiger partial charge >= 0.3 is 6.18 Å². The lowest BCUT2D eigenvalue weighted by molar-refractivity contribution is -0.155. The zero-order valence-electron chi connectivity index (χ0n) is 6.00. The van der Waals surface area contributed by atoms with Crippen LogP contribution in [0.3, 0.4) is 0 Å². The summed E-state index contributed by atoms with van der Waals surface area (Å²) in [6.07, 6.45) is -4.24. The summed E-state index contributed by atoms with van der Waals surface area (Å²) < 4.78 is 61.1. The van der Waals surface area contributed by atoms with Gasteiger partial charge in [-0.3, -0.25) is 0 Å². The highest BCUT2D eigenvalue weighted by atomic mass is 32.2. The maximum Gasteiger partial charge on any atom is 0.450 e. The molecule has 0 radical (unpaired) electrons. The molecule has 0 unspecified atom stereocenters. The largest absolute Gasteiger partial charge is 0.458 e. The summed E-state index contributed by atoms with van der Waals surface area (Å²) in [5, 5.41) is 4.51. The highest BCUT2D eigenvalue weighted by molar-refractivity contribution is 7.89. The Morgan fingerprint density at radius 1 is 1.38 bits per heavy atom. The molecule has 0 aliphatic heterocycles. The lowest BCUT2D eigenvalue weighted by Gasteiger charge is -2.03. The van der Waals surface area contributed by atoms with Crippen molar-refractivity contribution in [2.24, 2.45) is 5.14 Å². The van der Waals surface area contributed by atoms with E-state index in [0.717, 1.165) is 0 Å². The van der Waals surface area contributed by atoms with Crippen LogP contribution in [0.15, 0.2) is 21.6 Å². The molecule has 0 atom stereocenters. The molecule has 74 valence electrons. The van der Waals surface area contributed by atoms with Crippen molar-refractivity contribution in [2.45, 2.75) is 11.1 Å². The number of hydrogen-bond acceptors (Lipinski definition) is 3. The van der Waals surface area contributed by atoms with E-state index in [1.54, 1.807) is 0 Å². The molecular weight excluding hydrogens is 211 g/mol. The standard InChI is InChI=1S/C5H4F3NO3S/c6-5(7,8)4-3(1-2-12-4)13(9,10)11/h1-2H,(H2,9,10,11). The van der Waals surface area contributed by atoms with Crippen molar-refractivity contribution < 1.29 is 26.0 Å². The second kappa shape index (κ2) is 2.74. The van der Waals surface area contributed by atoms with E-state index in [1.807, 2.05) is 0 Å². The van der Waals surface area contributed by atoms with Crippen LogP contribution in [-0.2, 0) is 16.2 Å². The first-order valence-electron chi connectivity index (χ1n) is 2.90. The van der Waals surface area contributed by atoms with E-state index < -0.39 is 26.9 Å². The summed E-state index contributed by atoms with van der Waals surface area (Å²) in [5.41, 5.74) is 0. The van der Waals surface area contributed by atoms with Gasteiger partial charge in [-0.25, -0.2) is 13.6 Å². The van der Waals surface area contributed by atoms with E-state index in [0.29, 0.717) is 12.3 Å². The molecule has 0 saturated heterocycles. The summed E-state index contributed by atoms with van der Waals surface area (Å²) in [7, 11) is -4.39. The third-order valence-corrected chi connectivity index (χ3v) is 2.13. The number of halogens is 3. The van der Waals surface area contributed by atoms with Crippen LogP contribution in [-0.4, -0.2) is 8.42 Å². The van der Waals surface area contributed by atoms with E-state index in [1.165, 1.54) is 0 Å². The fraction of sp³-hybridized carbons (Fsp3) is 0.200. The van der Waals surface area contributed by atoms with Crippen LogP contribution in [0.25, 0.3) is 0 Å². The van der Waals surface area contributed by atoms with Gasteiger partial charge in [0.15, 0.2) is 0 Å². The Morgan fingerprint density at radius 2 is 1.92 bits per heavy atom. The number of hydrogen-bond donors (Lipinski definition) is 1. The van der Waals surface area contributed by atoms with Gasteiger partial charge in [0.05, 0.1) is 6.26 Å². The van der Waals surface area contributed by atoms with Gasteiger partial charge in [0.1, 0.15) is 4.90 Å². The monoisotopic (exact) mass is 215 g/mol. The van der Waals surface area contributed by atoms with Crippen LogP contribution >= 0.6 is 0 Å². The molecule has 0 bridgehead atoms. The minimum absolute atomic E-state index is 0.614. The Kier molecular flexibility index (Phi) is 2.12. The molecule has 0 fully saturated rings. The van der Waals surface area contributed by atoms with Crippen molar-refractivity contribution in [3.8, 4) is 0 Å². The number of nitrogens with two attached hydrogens (primary N) is 1. The minimum atomic E-state index is -4.86. The molecular formula is C5H4F3NO3S. The van der Waals surface area contributed by atoms with Crippen LogP contribution in [0.2, 0.25) is 0 Å². The average molecular weight is 215 g/mol. The fourth-order valence-electron chi connectivity index (χ4n) is 0.728. The molecule has 0 saturated carbocycles. The predicted molar refractivity (Wildman–Crippen MR) is 35.1 cm³/mol. The summed E-state index contributed by atoms with van der Waals surface area (Å²) in [5.74, 6) is -1.60. The van der Waals surface area contributed by atoms with Gasteiger partial charge in [-0.05, 0) is 6.07 Å². The third-order valence-electron chi connectivity index (χ3n) is 1.19. The van der Waals surface area contributed by atoms with Crippen LogP contribution < -0.4 is 5.14 Å². The molecule has 4 nitrogen and oxygen atoms in total. The first kappa shape index (κ1) is 10.1. The molecule has 0 aliphatic rings. The number of primary sulfonamides is 1. The zero-order chi connectivity index (χ0) is 10.3. The smallest absolute Gasteiger partial charge is 0.450 e. The average Bonchev–Trinajstić information content (AvgIpc) is 2.27. The minimum Gasteiger partial charge on any atom is -0.458 e. The summed E-state index contributed by atoms with van der Waals surface area (Å²) in [4.78, 5) is -1.06. The van der Waals surface area contributed by atoms with Crippen LogP contribution in [0, 0.1) is 0 Å². The highest BCUT2D eigenvalue weighted by Gasteiger charge is 2.40. The first-order chi connectivity index (χ1) is 5.73. The third kappa shape index (κ3) is 2.01. The molecule has 13 heavy (non-hydrogen) atoms. The van der Waals surface area contributed by atoms with Crippen molar-refractivity contribution in [1.82, 2.24) is 0 Å². The van der Waals surface area contributed by atoms with E-state index in [9.17, 15) is 21.6 Å². The first-order valence-corrected chi connectivity index (χ1v) is 4.45.